The minimum Gasteiger partial charge on any atom is -0.325 e. The highest BCUT2D eigenvalue weighted by Crippen LogP contribution is 2.26. The summed E-state index contributed by atoms with van der Waals surface area (Å²) in [7, 11) is -3.60. The van der Waals surface area contributed by atoms with Gasteiger partial charge in [-0.15, -0.1) is 0 Å². The van der Waals surface area contributed by atoms with Gasteiger partial charge in [0.1, 0.15) is 0 Å². The quantitative estimate of drug-likeness (QED) is 0.527. The molecule has 0 aliphatic carbocycles. The molecule has 1 unspecified atom stereocenters. The number of fused-ring (bicyclic) bond motifs is 1. The summed E-state index contributed by atoms with van der Waals surface area (Å²) < 4.78 is 28.1. The molecule has 2 aromatic carbocycles. The van der Waals surface area contributed by atoms with E-state index in [1.54, 1.807) is 18.2 Å². The van der Waals surface area contributed by atoms with Gasteiger partial charge in [-0.05, 0) is 57.0 Å². The zero-order chi connectivity index (χ0) is 23.9. The molecule has 0 bridgehead atoms. The SMILES string of the molecule is Cc1cc(C)c(S(=O)(=O)N2CCN(C(C)C(=O)Nc3ccc4[nH]c(=O)[nH]c4c3)CC2)c(C)c1. The number of sulfonamides is 1. The van der Waals surface area contributed by atoms with Gasteiger partial charge in [0.2, 0.25) is 15.9 Å². The van der Waals surface area contributed by atoms with Gasteiger partial charge in [-0.1, -0.05) is 17.7 Å². The predicted octanol–water partition coefficient (Wildman–Crippen LogP) is 2.11. The number of nitrogens with one attached hydrogen (secondary N) is 3. The Morgan fingerprint density at radius 3 is 2.21 bits per heavy atom. The molecule has 0 spiro atoms. The van der Waals surface area contributed by atoms with Gasteiger partial charge in [0, 0.05) is 31.9 Å². The molecular weight excluding hydrogens is 442 g/mol. The topological polar surface area (TPSA) is 118 Å². The van der Waals surface area contributed by atoms with Crippen LogP contribution in [0.25, 0.3) is 11.0 Å². The Balaban J connectivity index is 1.41. The maximum Gasteiger partial charge on any atom is 0.323 e. The molecule has 10 heteroatoms. The molecule has 176 valence electrons. The fourth-order valence-electron chi connectivity index (χ4n) is 4.56. The van der Waals surface area contributed by atoms with Crippen molar-refractivity contribution in [3.05, 3.63) is 57.5 Å². The third kappa shape index (κ3) is 4.59. The van der Waals surface area contributed by atoms with Gasteiger partial charge < -0.3 is 15.3 Å². The molecule has 1 aromatic heterocycles. The normalized spacial score (nSPS) is 16.7. The van der Waals surface area contributed by atoms with E-state index in [4.69, 9.17) is 0 Å². The van der Waals surface area contributed by atoms with Crippen LogP contribution in [0.3, 0.4) is 0 Å². The number of imidazole rings is 1. The summed E-state index contributed by atoms with van der Waals surface area (Å²) in [6.07, 6.45) is 0. The smallest absolute Gasteiger partial charge is 0.323 e. The van der Waals surface area contributed by atoms with Crippen LogP contribution in [0.4, 0.5) is 5.69 Å². The monoisotopic (exact) mass is 471 g/mol. The Morgan fingerprint density at radius 1 is 0.970 bits per heavy atom. The van der Waals surface area contributed by atoms with Crippen molar-refractivity contribution in [3.8, 4) is 0 Å². The van der Waals surface area contributed by atoms with Crippen molar-refractivity contribution in [2.24, 2.45) is 0 Å². The largest absolute Gasteiger partial charge is 0.325 e. The lowest BCUT2D eigenvalue weighted by molar-refractivity contribution is -0.121. The highest BCUT2D eigenvalue weighted by molar-refractivity contribution is 7.89. The van der Waals surface area contributed by atoms with Crippen LogP contribution in [0.5, 0.6) is 0 Å². The zero-order valence-corrected chi connectivity index (χ0v) is 20.0. The van der Waals surface area contributed by atoms with Gasteiger partial charge >= 0.3 is 5.69 Å². The lowest BCUT2D eigenvalue weighted by Gasteiger charge is -2.37. The third-order valence-corrected chi connectivity index (χ3v) is 8.39. The molecule has 3 aromatic rings. The van der Waals surface area contributed by atoms with E-state index >= 15 is 0 Å². The first kappa shape index (κ1) is 23.2. The minimum absolute atomic E-state index is 0.186. The second-order valence-electron chi connectivity index (χ2n) is 8.67. The lowest BCUT2D eigenvalue weighted by Crippen LogP contribution is -2.54. The molecule has 1 amide bonds. The fraction of sp³-hybridized carbons (Fsp3) is 0.391. The molecule has 1 aliphatic heterocycles. The summed E-state index contributed by atoms with van der Waals surface area (Å²) in [4.78, 5) is 31.9. The van der Waals surface area contributed by atoms with Gasteiger partial charge in [0.15, 0.2) is 0 Å². The Bertz CT molecular complexity index is 1340. The number of hydrogen-bond acceptors (Lipinski definition) is 5. The summed E-state index contributed by atoms with van der Waals surface area (Å²) in [5, 5.41) is 2.88. The van der Waals surface area contributed by atoms with E-state index in [0.29, 0.717) is 47.8 Å². The number of carbonyl (C=O) groups is 1. The van der Waals surface area contributed by atoms with E-state index < -0.39 is 16.1 Å². The summed E-state index contributed by atoms with van der Waals surface area (Å²) >= 11 is 0. The van der Waals surface area contributed by atoms with Crippen LogP contribution in [0.2, 0.25) is 0 Å². The zero-order valence-electron chi connectivity index (χ0n) is 19.2. The molecule has 1 saturated heterocycles. The first-order valence-electron chi connectivity index (χ1n) is 10.9. The first-order chi connectivity index (χ1) is 15.6. The molecule has 33 heavy (non-hydrogen) atoms. The first-order valence-corrected chi connectivity index (χ1v) is 12.4. The molecule has 1 atom stereocenters. The number of rotatable bonds is 5. The molecule has 2 heterocycles. The van der Waals surface area contributed by atoms with Crippen molar-refractivity contribution in [2.45, 2.75) is 38.6 Å². The molecule has 1 aliphatic rings. The Morgan fingerprint density at radius 2 is 1.58 bits per heavy atom. The number of carbonyl (C=O) groups excluding carboxylic acids is 1. The van der Waals surface area contributed by atoms with E-state index in [9.17, 15) is 18.0 Å². The number of aryl methyl sites for hydroxylation is 3. The van der Waals surface area contributed by atoms with Crippen molar-refractivity contribution in [1.29, 1.82) is 0 Å². The Hall–Kier alpha value is -2.95. The molecule has 4 rings (SSSR count). The van der Waals surface area contributed by atoms with Crippen LogP contribution in [-0.2, 0) is 14.8 Å². The average Bonchev–Trinajstić information content (AvgIpc) is 3.11. The fourth-order valence-corrected chi connectivity index (χ4v) is 6.39. The Kier molecular flexibility index (Phi) is 6.17. The van der Waals surface area contributed by atoms with Crippen molar-refractivity contribution >= 4 is 32.7 Å². The van der Waals surface area contributed by atoms with Crippen molar-refractivity contribution in [3.63, 3.8) is 0 Å². The summed E-state index contributed by atoms with van der Waals surface area (Å²) in [6.45, 7) is 8.99. The van der Waals surface area contributed by atoms with E-state index in [-0.39, 0.29) is 11.6 Å². The number of aromatic amines is 2. The summed E-state index contributed by atoms with van der Waals surface area (Å²) in [6, 6.07) is 8.51. The molecule has 3 N–H and O–H groups in total. The van der Waals surface area contributed by atoms with Crippen molar-refractivity contribution in [1.82, 2.24) is 19.2 Å². The van der Waals surface area contributed by atoms with E-state index in [1.807, 2.05) is 44.7 Å². The lowest BCUT2D eigenvalue weighted by atomic mass is 10.1. The van der Waals surface area contributed by atoms with Gasteiger partial charge in [-0.2, -0.15) is 4.31 Å². The van der Waals surface area contributed by atoms with Crippen LogP contribution in [0.1, 0.15) is 23.6 Å². The molecule has 9 nitrogen and oxygen atoms in total. The molecule has 0 saturated carbocycles. The molecule has 0 radical (unpaired) electrons. The molecule has 1 fully saturated rings. The molecular formula is C23H29N5O4S. The van der Waals surface area contributed by atoms with Crippen LogP contribution < -0.4 is 11.0 Å². The second kappa shape index (κ2) is 8.77. The summed E-state index contributed by atoms with van der Waals surface area (Å²) in [5.41, 5.74) is 4.11. The number of amides is 1. The van der Waals surface area contributed by atoms with Gasteiger partial charge in [0.25, 0.3) is 0 Å². The highest BCUT2D eigenvalue weighted by Gasteiger charge is 2.33. The number of benzene rings is 2. The number of H-pyrrole nitrogens is 2. The number of aromatic nitrogens is 2. The Labute approximate surface area is 192 Å². The van der Waals surface area contributed by atoms with Crippen LogP contribution in [0, 0.1) is 20.8 Å². The minimum atomic E-state index is -3.60. The number of nitrogens with zero attached hydrogens (tertiary/aromatic N) is 2. The van der Waals surface area contributed by atoms with E-state index in [2.05, 4.69) is 15.3 Å². The van der Waals surface area contributed by atoms with Crippen molar-refractivity contribution < 1.29 is 13.2 Å². The average molecular weight is 472 g/mol. The van der Waals surface area contributed by atoms with Crippen molar-refractivity contribution in [2.75, 3.05) is 31.5 Å². The second-order valence-corrected chi connectivity index (χ2v) is 10.5. The van der Waals surface area contributed by atoms with Crippen LogP contribution in [0.15, 0.2) is 40.0 Å². The number of piperazine rings is 1. The third-order valence-electron chi connectivity index (χ3n) is 6.19. The van der Waals surface area contributed by atoms with Crippen LogP contribution in [-0.4, -0.2) is 65.7 Å². The maximum atomic E-state index is 13.3. The van der Waals surface area contributed by atoms with Gasteiger partial charge in [-0.25, -0.2) is 13.2 Å². The standard InChI is InChI=1S/C23H29N5O4S/c1-14-11-15(2)21(16(3)12-14)33(31,32)28-9-7-27(8-10-28)17(4)22(29)24-18-5-6-19-20(13-18)26-23(30)25-19/h5-6,11-13,17H,7-10H2,1-4H3,(H,24,29)(H2,25,26,30). The van der Waals surface area contributed by atoms with Gasteiger partial charge in [-0.3, -0.25) is 9.69 Å². The predicted molar refractivity (Wildman–Crippen MR) is 128 cm³/mol. The maximum absolute atomic E-state index is 13.3. The van der Waals surface area contributed by atoms with Crippen LogP contribution >= 0.6 is 0 Å². The van der Waals surface area contributed by atoms with Gasteiger partial charge in [0.05, 0.1) is 22.0 Å². The summed E-state index contributed by atoms with van der Waals surface area (Å²) in [5.74, 6) is -0.186. The number of anilines is 1. The highest BCUT2D eigenvalue weighted by atomic mass is 32.2. The number of hydrogen-bond donors (Lipinski definition) is 3. The van der Waals surface area contributed by atoms with E-state index in [1.165, 1.54) is 4.31 Å². The van der Waals surface area contributed by atoms with E-state index in [0.717, 1.165) is 16.7 Å².